The Morgan fingerprint density at radius 1 is 0.850 bits per heavy atom. The lowest BCUT2D eigenvalue weighted by Crippen LogP contribution is -2.73. The van der Waals surface area contributed by atoms with E-state index < -0.39 is 52.5 Å². The molecule has 118 valence electrons. The van der Waals surface area contributed by atoms with Crippen molar-refractivity contribution in [1.29, 1.82) is 0 Å². The van der Waals surface area contributed by atoms with Gasteiger partial charge in [0.15, 0.2) is 0 Å². The van der Waals surface area contributed by atoms with E-state index in [1.54, 1.807) is 0 Å². The molecule has 1 fully saturated rings. The van der Waals surface area contributed by atoms with Crippen LogP contribution in [-0.4, -0.2) is 40.7 Å². The first-order valence-corrected chi connectivity index (χ1v) is 5.43. The highest BCUT2D eigenvalue weighted by Gasteiger charge is 2.87. The van der Waals surface area contributed by atoms with Gasteiger partial charge >= 0.3 is 24.2 Å². The predicted molar refractivity (Wildman–Crippen MR) is 45.3 cm³/mol. The monoisotopic (exact) mass is 339 g/mol. The van der Waals surface area contributed by atoms with Gasteiger partial charge in [0.2, 0.25) is 10.8 Å². The Bertz CT molecular complexity index is 387. The van der Waals surface area contributed by atoms with Gasteiger partial charge in [0.25, 0.3) is 0 Å². The van der Waals surface area contributed by atoms with E-state index in [1.807, 2.05) is 0 Å². The second-order valence-corrected chi connectivity index (χ2v) is 4.85. The van der Waals surface area contributed by atoms with E-state index in [-0.39, 0.29) is 0 Å². The Kier molecular flexibility index (Phi) is 3.70. The van der Waals surface area contributed by atoms with Gasteiger partial charge in [-0.15, -0.1) is 11.8 Å². The summed E-state index contributed by atoms with van der Waals surface area (Å²) in [5.41, 5.74) is 0. The average molecular weight is 339 g/mol. The highest BCUT2D eigenvalue weighted by molar-refractivity contribution is 8.01. The molecule has 0 saturated carbocycles. The maximum Gasteiger partial charge on any atom is 0.457 e. The minimum atomic E-state index is -6.72. The van der Waals surface area contributed by atoms with Crippen LogP contribution in [0, 0.1) is 0 Å². The molecule has 1 aliphatic rings. The molecule has 0 aromatic carbocycles. The Morgan fingerprint density at radius 2 is 1.20 bits per heavy atom. The zero-order valence-electron chi connectivity index (χ0n) is 8.80. The average Bonchev–Trinajstić information content (AvgIpc) is 2.58. The van der Waals surface area contributed by atoms with Crippen LogP contribution in [0.3, 0.4) is 0 Å². The molecule has 1 rings (SSSR count). The topological polar surface area (TPSA) is 29.1 Å². The van der Waals surface area contributed by atoms with E-state index in [4.69, 9.17) is 0 Å². The molecule has 20 heavy (non-hydrogen) atoms. The summed E-state index contributed by atoms with van der Waals surface area (Å²) in [6, 6.07) is 0. The third kappa shape index (κ3) is 2.09. The lowest BCUT2D eigenvalue weighted by atomic mass is 10.00. The van der Waals surface area contributed by atoms with E-state index in [9.17, 15) is 48.7 Å². The summed E-state index contributed by atoms with van der Waals surface area (Å²) in [4.78, 5) is 5.50. The summed E-state index contributed by atoms with van der Waals surface area (Å²) in [6.45, 7) is 0. The van der Waals surface area contributed by atoms with Crippen LogP contribution in [0.15, 0.2) is 0 Å². The fourth-order valence-electron chi connectivity index (χ4n) is 1.38. The van der Waals surface area contributed by atoms with Crippen LogP contribution in [0.5, 0.6) is 0 Å². The molecule has 0 aromatic heterocycles. The zero-order valence-corrected chi connectivity index (χ0v) is 9.62. The van der Waals surface area contributed by atoms with Gasteiger partial charge in [0.1, 0.15) is 0 Å². The third-order valence-corrected chi connectivity index (χ3v) is 3.79. The van der Waals surface area contributed by atoms with Crippen LogP contribution in [0.2, 0.25) is 0 Å². The van der Waals surface area contributed by atoms with E-state index in [2.05, 4.69) is 0 Å². The number of nitrogens with one attached hydrogen (secondary N) is 1. The first-order chi connectivity index (χ1) is 8.60. The van der Waals surface area contributed by atoms with Crippen LogP contribution < -0.4 is 5.32 Å². The van der Waals surface area contributed by atoms with Crippen LogP contribution >= 0.6 is 11.8 Å². The zero-order chi connectivity index (χ0) is 16.2. The van der Waals surface area contributed by atoms with Crippen LogP contribution in [0.25, 0.3) is 0 Å². The molecule has 0 aromatic rings. The highest BCUT2D eigenvalue weighted by atomic mass is 32.2. The molecule has 0 aliphatic carbocycles. The minimum absolute atomic E-state index is 0.445. The van der Waals surface area contributed by atoms with Crippen LogP contribution in [-0.2, 0) is 4.79 Å². The van der Waals surface area contributed by atoms with Crippen molar-refractivity contribution in [3.05, 3.63) is 0 Å². The largest absolute Gasteiger partial charge is 0.457 e. The van der Waals surface area contributed by atoms with E-state index in [0.717, 1.165) is 0 Å². The van der Waals surface area contributed by atoms with Crippen molar-refractivity contribution < 1.29 is 48.7 Å². The lowest BCUT2D eigenvalue weighted by Gasteiger charge is -2.42. The normalized spacial score (nSPS) is 21.0. The number of thioether (sulfide) groups is 1. The van der Waals surface area contributed by atoms with Crippen molar-refractivity contribution in [2.75, 3.05) is 5.75 Å². The first-order valence-electron chi connectivity index (χ1n) is 4.44. The Morgan fingerprint density at radius 3 is 1.40 bits per heavy atom. The van der Waals surface area contributed by atoms with Gasteiger partial charge in [-0.1, -0.05) is 0 Å². The molecule has 1 amide bonds. The maximum atomic E-state index is 13.1. The Balaban J connectivity index is 3.52. The molecule has 1 heterocycles. The standard InChI is InChI=1S/C7H3F10NOS/c8-3(9,6(12,13)14)5(18-2(19)1-20-5)4(10,11)7(15,16)17/h1H2,(H,18,19). The Hall–Kier alpha value is -0.880. The number of hydrogen-bond donors (Lipinski definition) is 1. The van der Waals surface area contributed by atoms with E-state index in [0.29, 0.717) is 5.32 Å². The SMILES string of the molecule is O=C1CSC(C(F)(F)C(F)(F)F)(C(F)(F)C(F)(F)F)N1. The molecule has 1 aliphatic heterocycles. The number of hydrogen-bond acceptors (Lipinski definition) is 2. The molecular weight excluding hydrogens is 336 g/mol. The van der Waals surface area contributed by atoms with Gasteiger partial charge in [0, 0.05) is 0 Å². The van der Waals surface area contributed by atoms with Crippen molar-refractivity contribution in [3.8, 4) is 0 Å². The second kappa shape index (κ2) is 4.31. The van der Waals surface area contributed by atoms with Gasteiger partial charge in [0.05, 0.1) is 5.75 Å². The third-order valence-electron chi connectivity index (χ3n) is 2.33. The molecule has 13 heteroatoms. The number of carbonyl (C=O) groups is 1. The van der Waals surface area contributed by atoms with Crippen LogP contribution in [0.4, 0.5) is 43.9 Å². The van der Waals surface area contributed by atoms with Crippen molar-refractivity contribution in [2.45, 2.75) is 29.1 Å². The molecule has 0 spiro atoms. The van der Waals surface area contributed by atoms with Crippen molar-refractivity contribution in [1.82, 2.24) is 5.32 Å². The Labute approximate surface area is 107 Å². The number of alkyl halides is 10. The van der Waals surface area contributed by atoms with Gasteiger partial charge in [-0.05, 0) is 0 Å². The fourth-order valence-corrected chi connectivity index (χ4v) is 2.58. The summed E-state index contributed by atoms with van der Waals surface area (Å²) in [5, 5.41) is 0.445. The molecule has 1 N–H and O–H groups in total. The minimum Gasteiger partial charge on any atom is -0.330 e. The number of amides is 1. The van der Waals surface area contributed by atoms with Gasteiger partial charge < -0.3 is 5.32 Å². The van der Waals surface area contributed by atoms with Crippen molar-refractivity contribution >= 4 is 17.7 Å². The van der Waals surface area contributed by atoms with Crippen molar-refractivity contribution in [3.63, 3.8) is 0 Å². The van der Waals surface area contributed by atoms with Gasteiger partial charge in [-0.25, -0.2) is 0 Å². The van der Waals surface area contributed by atoms with Crippen LogP contribution in [0.1, 0.15) is 0 Å². The maximum absolute atomic E-state index is 13.1. The summed E-state index contributed by atoms with van der Waals surface area (Å²) in [7, 11) is 0. The molecule has 0 atom stereocenters. The smallest absolute Gasteiger partial charge is 0.330 e. The molecule has 0 unspecified atom stereocenters. The summed E-state index contributed by atoms with van der Waals surface area (Å²) >= 11 is -1.14. The summed E-state index contributed by atoms with van der Waals surface area (Å²) in [6.07, 6.45) is -13.4. The fraction of sp³-hybridized carbons (Fsp3) is 0.857. The lowest BCUT2D eigenvalue weighted by molar-refractivity contribution is -0.363. The van der Waals surface area contributed by atoms with E-state index >= 15 is 0 Å². The van der Waals surface area contributed by atoms with Gasteiger partial charge in [-0.2, -0.15) is 43.9 Å². The molecule has 1 saturated heterocycles. The number of rotatable bonds is 2. The molecular formula is C7H3F10NOS. The van der Waals surface area contributed by atoms with Crippen molar-refractivity contribution in [2.24, 2.45) is 0 Å². The quantitative estimate of drug-likeness (QED) is 0.784. The van der Waals surface area contributed by atoms with E-state index in [1.165, 1.54) is 0 Å². The first kappa shape index (κ1) is 17.2. The number of carbonyl (C=O) groups excluding carboxylic acids is 1. The second-order valence-electron chi connectivity index (χ2n) is 3.66. The summed E-state index contributed by atoms with van der Waals surface area (Å²) < 4.78 is 126. The summed E-state index contributed by atoms with van der Waals surface area (Å²) in [5.74, 6) is -16.2. The molecule has 2 nitrogen and oxygen atoms in total. The van der Waals surface area contributed by atoms with Gasteiger partial charge in [-0.3, -0.25) is 4.79 Å². The predicted octanol–water partition coefficient (Wildman–Crippen LogP) is 2.94. The molecule has 0 bridgehead atoms. The number of halogens is 10. The highest BCUT2D eigenvalue weighted by Crippen LogP contribution is 2.60. The molecule has 0 radical (unpaired) electrons.